The van der Waals surface area contributed by atoms with Crippen molar-refractivity contribution in [1.29, 1.82) is 0 Å². The number of hydrogen-bond acceptors (Lipinski definition) is 4. The molecule has 1 saturated heterocycles. The van der Waals surface area contributed by atoms with Crippen LogP contribution in [0.25, 0.3) is 0 Å². The lowest BCUT2D eigenvalue weighted by molar-refractivity contribution is -0.151. The summed E-state index contributed by atoms with van der Waals surface area (Å²) < 4.78 is 8.12. The van der Waals surface area contributed by atoms with Crippen molar-refractivity contribution in [2.24, 2.45) is 5.92 Å². The average Bonchev–Trinajstić information content (AvgIpc) is 3.14. The standard InChI is InChI=1S/C18H30N4O2/c1-3-17(24-16-6-4-5-14(2)11-16)18(23)21-9-7-15(8-10-21)22-13-19-12-20-22/h12-17H,3-11H2,1-2H3/t14-,16+,17+/m1/s1. The molecule has 2 aliphatic rings. The Bertz CT molecular complexity index is 511. The van der Waals surface area contributed by atoms with Crippen LogP contribution in [0.2, 0.25) is 0 Å². The molecule has 1 aromatic heterocycles. The molecule has 1 aromatic rings. The van der Waals surface area contributed by atoms with Gasteiger partial charge in [0, 0.05) is 13.1 Å². The van der Waals surface area contributed by atoms with Gasteiger partial charge in [-0.3, -0.25) is 4.79 Å². The number of ether oxygens (including phenoxy) is 1. The lowest BCUT2D eigenvalue weighted by Gasteiger charge is -2.36. The second kappa shape index (κ2) is 8.10. The van der Waals surface area contributed by atoms with Crippen LogP contribution in [0, 0.1) is 5.92 Å². The van der Waals surface area contributed by atoms with Gasteiger partial charge in [-0.25, -0.2) is 9.67 Å². The van der Waals surface area contributed by atoms with E-state index in [9.17, 15) is 4.79 Å². The van der Waals surface area contributed by atoms with Gasteiger partial charge in [0.25, 0.3) is 5.91 Å². The van der Waals surface area contributed by atoms with Gasteiger partial charge in [0.15, 0.2) is 0 Å². The zero-order valence-corrected chi connectivity index (χ0v) is 14.9. The second-order valence-corrected chi connectivity index (χ2v) is 7.36. The van der Waals surface area contributed by atoms with Crippen LogP contribution in [0.15, 0.2) is 12.7 Å². The first-order valence-corrected chi connectivity index (χ1v) is 9.45. The Hall–Kier alpha value is -1.43. The number of amides is 1. The minimum atomic E-state index is -0.275. The van der Waals surface area contributed by atoms with Crippen LogP contribution in [0.3, 0.4) is 0 Å². The Kier molecular flexibility index (Phi) is 5.87. The number of likely N-dealkylation sites (tertiary alicyclic amines) is 1. The first-order valence-electron chi connectivity index (χ1n) is 9.45. The molecule has 1 saturated carbocycles. The Labute approximate surface area is 144 Å². The van der Waals surface area contributed by atoms with E-state index in [2.05, 4.69) is 23.9 Å². The monoisotopic (exact) mass is 334 g/mol. The van der Waals surface area contributed by atoms with E-state index in [1.54, 1.807) is 12.7 Å². The Balaban J connectivity index is 1.51. The van der Waals surface area contributed by atoms with Crippen LogP contribution in [-0.4, -0.2) is 50.9 Å². The highest BCUT2D eigenvalue weighted by atomic mass is 16.5. The maximum atomic E-state index is 12.8. The van der Waals surface area contributed by atoms with Crippen LogP contribution in [0.4, 0.5) is 0 Å². The maximum Gasteiger partial charge on any atom is 0.251 e. The lowest BCUT2D eigenvalue weighted by Crippen LogP contribution is -2.46. The highest BCUT2D eigenvalue weighted by Gasteiger charge is 2.31. The molecule has 1 aliphatic heterocycles. The minimum Gasteiger partial charge on any atom is -0.365 e. The van der Waals surface area contributed by atoms with Crippen LogP contribution in [-0.2, 0) is 9.53 Å². The second-order valence-electron chi connectivity index (χ2n) is 7.36. The molecular weight excluding hydrogens is 304 g/mol. The molecule has 1 amide bonds. The molecule has 2 heterocycles. The van der Waals surface area contributed by atoms with E-state index in [1.165, 1.54) is 12.8 Å². The predicted octanol–water partition coefficient (Wildman–Crippen LogP) is 2.82. The van der Waals surface area contributed by atoms with Crippen LogP contribution in [0.1, 0.15) is 64.8 Å². The molecule has 0 N–H and O–H groups in total. The van der Waals surface area contributed by atoms with E-state index in [0.29, 0.717) is 6.04 Å². The molecule has 1 aliphatic carbocycles. The SMILES string of the molecule is CC[C@H](O[C@H]1CCC[C@@H](C)C1)C(=O)N1CCC(n2cncn2)CC1. The van der Waals surface area contributed by atoms with Gasteiger partial charge >= 0.3 is 0 Å². The number of carbonyl (C=O) groups is 1. The van der Waals surface area contributed by atoms with Gasteiger partial charge in [-0.05, 0) is 38.0 Å². The van der Waals surface area contributed by atoms with E-state index in [4.69, 9.17) is 4.74 Å². The van der Waals surface area contributed by atoms with Gasteiger partial charge < -0.3 is 9.64 Å². The van der Waals surface area contributed by atoms with Crippen molar-refractivity contribution in [1.82, 2.24) is 19.7 Å². The molecule has 24 heavy (non-hydrogen) atoms. The highest BCUT2D eigenvalue weighted by Crippen LogP contribution is 2.28. The number of carbonyl (C=O) groups excluding carboxylic acids is 1. The molecule has 0 unspecified atom stereocenters. The average molecular weight is 334 g/mol. The van der Waals surface area contributed by atoms with Crippen molar-refractivity contribution in [2.45, 2.75) is 77.0 Å². The molecule has 2 fully saturated rings. The van der Waals surface area contributed by atoms with Crippen molar-refractivity contribution >= 4 is 5.91 Å². The fraction of sp³-hybridized carbons (Fsp3) is 0.833. The summed E-state index contributed by atoms with van der Waals surface area (Å²) in [4.78, 5) is 18.8. The molecule has 3 atom stereocenters. The summed E-state index contributed by atoms with van der Waals surface area (Å²) in [6.07, 6.45) is 10.7. The molecule has 0 bridgehead atoms. The van der Waals surface area contributed by atoms with Gasteiger partial charge in [0.2, 0.25) is 0 Å². The van der Waals surface area contributed by atoms with E-state index in [0.717, 1.165) is 51.1 Å². The number of hydrogen-bond donors (Lipinski definition) is 0. The van der Waals surface area contributed by atoms with Gasteiger partial charge in [0.05, 0.1) is 12.1 Å². The third-order valence-corrected chi connectivity index (χ3v) is 5.48. The predicted molar refractivity (Wildman–Crippen MR) is 91.5 cm³/mol. The van der Waals surface area contributed by atoms with Gasteiger partial charge in [-0.15, -0.1) is 0 Å². The largest absolute Gasteiger partial charge is 0.365 e. The van der Waals surface area contributed by atoms with Crippen molar-refractivity contribution in [3.63, 3.8) is 0 Å². The van der Waals surface area contributed by atoms with Crippen molar-refractivity contribution in [2.75, 3.05) is 13.1 Å². The Morgan fingerprint density at radius 2 is 2.08 bits per heavy atom. The minimum absolute atomic E-state index is 0.174. The van der Waals surface area contributed by atoms with Crippen molar-refractivity contribution in [3.05, 3.63) is 12.7 Å². The normalized spacial score (nSPS) is 27.2. The zero-order valence-electron chi connectivity index (χ0n) is 14.9. The number of rotatable bonds is 5. The van der Waals surface area contributed by atoms with E-state index in [-0.39, 0.29) is 18.1 Å². The Morgan fingerprint density at radius 3 is 2.71 bits per heavy atom. The van der Waals surface area contributed by atoms with Gasteiger partial charge in [-0.1, -0.05) is 26.7 Å². The molecule has 3 rings (SSSR count). The molecule has 134 valence electrons. The molecule has 0 aromatic carbocycles. The summed E-state index contributed by atoms with van der Waals surface area (Å²) >= 11 is 0. The smallest absolute Gasteiger partial charge is 0.251 e. The van der Waals surface area contributed by atoms with Gasteiger partial charge in [-0.2, -0.15) is 5.10 Å². The van der Waals surface area contributed by atoms with Crippen LogP contribution in [0.5, 0.6) is 0 Å². The zero-order chi connectivity index (χ0) is 16.9. The van der Waals surface area contributed by atoms with E-state index >= 15 is 0 Å². The van der Waals surface area contributed by atoms with Gasteiger partial charge in [0.1, 0.15) is 18.8 Å². The topological polar surface area (TPSA) is 60.2 Å². The maximum absolute atomic E-state index is 12.8. The fourth-order valence-electron chi connectivity index (χ4n) is 4.02. The van der Waals surface area contributed by atoms with Crippen LogP contribution >= 0.6 is 0 Å². The summed E-state index contributed by atoms with van der Waals surface area (Å²) in [6, 6.07) is 0.358. The summed E-state index contributed by atoms with van der Waals surface area (Å²) in [5, 5.41) is 4.22. The van der Waals surface area contributed by atoms with E-state index < -0.39 is 0 Å². The van der Waals surface area contributed by atoms with E-state index in [1.807, 2.05) is 9.58 Å². The molecule has 6 nitrogen and oxygen atoms in total. The molecule has 0 radical (unpaired) electrons. The third kappa shape index (κ3) is 4.15. The molecular formula is C18H30N4O2. The number of nitrogens with zero attached hydrogens (tertiary/aromatic N) is 4. The molecule has 0 spiro atoms. The quantitative estimate of drug-likeness (QED) is 0.831. The number of piperidine rings is 1. The fourth-order valence-corrected chi connectivity index (χ4v) is 4.02. The summed E-state index contributed by atoms with van der Waals surface area (Å²) in [7, 11) is 0. The van der Waals surface area contributed by atoms with Crippen molar-refractivity contribution < 1.29 is 9.53 Å². The first-order chi connectivity index (χ1) is 11.7. The summed E-state index contributed by atoms with van der Waals surface area (Å²) in [5.41, 5.74) is 0. The first kappa shape index (κ1) is 17.4. The van der Waals surface area contributed by atoms with Crippen molar-refractivity contribution in [3.8, 4) is 0 Å². The lowest BCUT2D eigenvalue weighted by atomic mass is 9.88. The third-order valence-electron chi connectivity index (χ3n) is 5.48. The van der Waals surface area contributed by atoms with Crippen LogP contribution < -0.4 is 0 Å². The summed E-state index contributed by atoms with van der Waals surface area (Å²) in [5.74, 6) is 0.891. The summed E-state index contributed by atoms with van der Waals surface area (Å²) in [6.45, 7) is 5.90. The molecule has 6 heteroatoms. The highest BCUT2D eigenvalue weighted by molar-refractivity contribution is 5.81. The number of aromatic nitrogens is 3. The Morgan fingerprint density at radius 1 is 1.29 bits per heavy atom.